The molecule has 0 saturated carbocycles. The topological polar surface area (TPSA) is 67.6 Å². The van der Waals surface area contributed by atoms with E-state index >= 15 is 0 Å². The van der Waals surface area contributed by atoms with Crippen LogP contribution in [0.1, 0.15) is 0 Å². The smallest absolute Gasteiger partial charge is 0.236 e. The molecule has 6 nitrogen and oxygen atoms in total. The van der Waals surface area contributed by atoms with E-state index in [9.17, 15) is 8.42 Å². The van der Waals surface area contributed by atoms with Gasteiger partial charge in [0.2, 0.25) is 15.8 Å². The molecule has 0 N–H and O–H groups in total. The summed E-state index contributed by atoms with van der Waals surface area (Å²) in [5.74, 6) is 0.823. The number of anilines is 1. The number of benzene rings is 1. The van der Waals surface area contributed by atoms with E-state index in [1.165, 1.54) is 11.4 Å². The number of hydrogen-bond donors (Lipinski definition) is 0. The molecule has 0 unspecified atom stereocenters. The summed E-state index contributed by atoms with van der Waals surface area (Å²) in [5.41, 5.74) is 1.58. The Kier molecular flexibility index (Phi) is 3.13. The second kappa shape index (κ2) is 4.85. The molecule has 0 spiro atoms. The Balaban J connectivity index is 2.35. The van der Waals surface area contributed by atoms with Crippen LogP contribution in [-0.4, -0.2) is 36.1 Å². The van der Waals surface area contributed by atoms with Crippen LogP contribution in [0, 0.1) is 0 Å². The average molecular weight is 302 g/mol. The van der Waals surface area contributed by atoms with Crippen LogP contribution in [0.5, 0.6) is 0 Å². The number of sulfonamides is 1. The molecule has 0 saturated heterocycles. The zero-order chi connectivity index (χ0) is 15.0. The highest BCUT2D eigenvalue weighted by Crippen LogP contribution is 2.31. The fourth-order valence-corrected chi connectivity index (χ4v) is 2.56. The van der Waals surface area contributed by atoms with E-state index in [0.717, 1.165) is 11.8 Å². The predicted octanol–water partition coefficient (Wildman–Crippen LogP) is 1.79. The number of fused-ring (bicyclic) bond motifs is 1. The Bertz CT molecular complexity index is 888. The van der Waals surface area contributed by atoms with Crippen molar-refractivity contribution in [1.29, 1.82) is 0 Å². The Morgan fingerprint density at radius 1 is 1.14 bits per heavy atom. The summed E-state index contributed by atoms with van der Waals surface area (Å²) in [6.07, 6.45) is 4.60. The Morgan fingerprint density at radius 3 is 2.52 bits per heavy atom. The standard InChI is InChI=1S/C14H14N4O2S/c1-17(21(2,19)20)13-12(11-7-4-3-5-8-11)18-10-6-9-15-14(18)16-13/h3-10H,1-2H3. The lowest BCUT2D eigenvalue weighted by Crippen LogP contribution is -2.25. The Hall–Kier alpha value is -2.41. The van der Waals surface area contributed by atoms with Crippen molar-refractivity contribution in [1.82, 2.24) is 14.4 Å². The van der Waals surface area contributed by atoms with Crippen molar-refractivity contribution < 1.29 is 8.42 Å². The van der Waals surface area contributed by atoms with Crippen molar-refractivity contribution in [2.45, 2.75) is 0 Å². The Labute approximate surface area is 122 Å². The van der Waals surface area contributed by atoms with Crippen LogP contribution >= 0.6 is 0 Å². The van der Waals surface area contributed by atoms with Crippen molar-refractivity contribution in [3.63, 3.8) is 0 Å². The highest BCUT2D eigenvalue weighted by atomic mass is 32.2. The van der Waals surface area contributed by atoms with E-state index < -0.39 is 10.0 Å². The molecule has 0 aliphatic heterocycles. The lowest BCUT2D eigenvalue weighted by Gasteiger charge is -2.15. The molecule has 0 aliphatic rings. The first-order valence-electron chi connectivity index (χ1n) is 6.31. The molecule has 3 aromatic rings. The maximum absolute atomic E-state index is 11.8. The van der Waals surface area contributed by atoms with Gasteiger partial charge < -0.3 is 0 Å². The summed E-state index contributed by atoms with van der Waals surface area (Å²) in [6, 6.07) is 11.3. The number of rotatable bonds is 3. The second-order valence-electron chi connectivity index (χ2n) is 4.67. The number of nitrogens with zero attached hydrogens (tertiary/aromatic N) is 4. The van der Waals surface area contributed by atoms with Crippen LogP contribution in [0.2, 0.25) is 0 Å². The van der Waals surface area contributed by atoms with Gasteiger partial charge in [0.25, 0.3) is 0 Å². The quantitative estimate of drug-likeness (QED) is 0.740. The molecular weight excluding hydrogens is 288 g/mol. The van der Waals surface area contributed by atoms with E-state index in [-0.39, 0.29) is 0 Å². The molecule has 21 heavy (non-hydrogen) atoms. The predicted molar refractivity (Wildman–Crippen MR) is 81.7 cm³/mol. The van der Waals surface area contributed by atoms with E-state index in [4.69, 9.17) is 0 Å². The third-order valence-electron chi connectivity index (χ3n) is 3.23. The molecular formula is C14H14N4O2S. The van der Waals surface area contributed by atoms with Crippen LogP contribution in [0.4, 0.5) is 5.82 Å². The van der Waals surface area contributed by atoms with Gasteiger partial charge in [0.1, 0.15) is 0 Å². The van der Waals surface area contributed by atoms with Crippen molar-refractivity contribution in [3.8, 4) is 11.3 Å². The maximum Gasteiger partial charge on any atom is 0.236 e. The van der Waals surface area contributed by atoms with Gasteiger partial charge in [0.15, 0.2) is 5.82 Å². The van der Waals surface area contributed by atoms with Crippen LogP contribution in [0.3, 0.4) is 0 Å². The first kappa shape index (κ1) is 13.6. The summed E-state index contributed by atoms with van der Waals surface area (Å²) < 4.78 is 26.7. The molecule has 0 aliphatic carbocycles. The van der Waals surface area contributed by atoms with Crippen LogP contribution in [-0.2, 0) is 10.0 Å². The molecule has 2 aromatic heterocycles. The van der Waals surface area contributed by atoms with Gasteiger partial charge in [0, 0.05) is 25.0 Å². The van der Waals surface area contributed by atoms with Crippen LogP contribution < -0.4 is 4.31 Å². The number of aromatic nitrogens is 3. The lowest BCUT2D eigenvalue weighted by molar-refractivity contribution is 0.600. The summed E-state index contributed by atoms with van der Waals surface area (Å²) in [6.45, 7) is 0. The van der Waals surface area contributed by atoms with E-state index in [0.29, 0.717) is 17.3 Å². The van der Waals surface area contributed by atoms with E-state index in [1.54, 1.807) is 16.7 Å². The fourth-order valence-electron chi connectivity index (χ4n) is 2.12. The largest absolute Gasteiger partial charge is 0.281 e. The SMILES string of the molecule is CN(c1nc2ncccn2c1-c1ccccc1)S(C)(=O)=O. The first-order chi connectivity index (χ1) is 9.98. The maximum atomic E-state index is 11.8. The number of hydrogen-bond acceptors (Lipinski definition) is 4. The van der Waals surface area contributed by atoms with E-state index in [1.807, 2.05) is 36.5 Å². The molecule has 108 valence electrons. The average Bonchev–Trinajstić information content (AvgIpc) is 2.85. The van der Waals surface area contributed by atoms with Gasteiger partial charge in [-0.1, -0.05) is 30.3 Å². The monoisotopic (exact) mass is 302 g/mol. The van der Waals surface area contributed by atoms with E-state index in [2.05, 4.69) is 9.97 Å². The summed E-state index contributed by atoms with van der Waals surface area (Å²) in [5, 5.41) is 0. The van der Waals surface area contributed by atoms with Crippen LogP contribution in [0.15, 0.2) is 48.8 Å². The molecule has 1 aromatic carbocycles. The zero-order valence-corrected chi connectivity index (χ0v) is 12.4. The highest BCUT2D eigenvalue weighted by Gasteiger charge is 2.22. The van der Waals surface area contributed by atoms with Gasteiger partial charge in [-0.3, -0.25) is 8.71 Å². The molecule has 7 heteroatoms. The minimum absolute atomic E-state index is 0.363. The molecule has 0 bridgehead atoms. The van der Waals surface area contributed by atoms with Gasteiger partial charge in [-0.15, -0.1) is 0 Å². The summed E-state index contributed by atoms with van der Waals surface area (Å²) >= 11 is 0. The molecule has 0 amide bonds. The lowest BCUT2D eigenvalue weighted by atomic mass is 10.1. The third kappa shape index (κ3) is 2.36. The van der Waals surface area contributed by atoms with Crippen molar-refractivity contribution in [2.24, 2.45) is 0 Å². The molecule has 2 heterocycles. The van der Waals surface area contributed by atoms with Gasteiger partial charge >= 0.3 is 0 Å². The molecule has 0 atom stereocenters. The summed E-state index contributed by atoms with van der Waals surface area (Å²) in [7, 11) is -1.91. The molecule has 3 rings (SSSR count). The van der Waals surface area contributed by atoms with Crippen molar-refractivity contribution >= 4 is 21.6 Å². The summed E-state index contributed by atoms with van der Waals surface area (Å²) in [4.78, 5) is 8.54. The highest BCUT2D eigenvalue weighted by molar-refractivity contribution is 7.92. The second-order valence-corrected chi connectivity index (χ2v) is 6.68. The van der Waals surface area contributed by atoms with Gasteiger partial charge in [-0.2, -0.15) is 4.98 Å². The minimum Gasteiger partial charge on any atom is -0.281 e. The van der Waals surface area contributed by atoms with Gasteiger partial charge in [-0.25, -0.2) is 13.4 Å². The Morgan fingerprint density at radius 2 is 1.86 bits per heavy atom. The van der Waals surface area contributed by atoms with Crippen molar-refractivity contribution in [3.05, 3.63) is 48.8 Å². The van der Waals surface area contributed by atoms with Crippen molar-refractivity contribution in [2.75, 3.05) is 17.6 Å². The number of imidazole rings is 1. The minimum atomic E-state index is -3.40. The molecule has 0 fully saturated rings. The van der Waals surface area contributed by atoms with Gasteiger partial charge in [-0.05, 0) is 6.07 Å². The van der Waals surface area contributed by atoms with Gasteiger partial charge in [0.05, 0.1) is 11.9 Å². The zero-order valence-electron chi connectivity index (χ0n) is 11.6. The third-order valence-corrected chi connectivity index (χ3v) is 4.40. The fraction of sp³-hybridized carbons (Fsp3) is 0.143. The van der Waals surface area contributed by atoms with Crippen LogP contribution in [0.25, 0.3) is 17.0 Å². The normalized spacial score (nSPS) is 11.7. The first-order valence-corrected chi connectivity index (χ1v) is 8.16. The molecule has 0 radical (unpaired) electrons.